The zero-order chi connectivity index (χ0) is 14.7. The van der Waals surface area contributed by atoms with Gasteiger partial charge in [0.05, 0.1) is 5.69 Å². The van der Waals surface area contributed by atoms with Gasteiger partial charge in [-0.05, 0) is 55.6 Å². The lowest BCUT2D eigenvalue weighted by Gasteiger charge is -2.18. The van der Waals surface area contributed by atoms with Gasteiger partial charge in [-0.1, -0.05) is 0 Å². The zero-order valence-electron chi connectivity index (χ0n) is 13.5. The Bertz CT molecular complexity index is 604. The number of aromatic nitrogens is 2. The van der Waals surface area contributed by atoms with E-state index in [1.54, 1.807) is 11.3 Å². The van der Waals surface area contributed by atoms with E-state index in [0.717, 1.165) is 44.0 Å². The highest BCUT2D eigenvalue weighted by Gasteiger charge is 2.17. The van der Waals surface area contributed by atoms with Crippen molar-refractivity contribution in [3.8, 4) is 0 Å². The van der Waals surface area contributed by atoms with Crippen LogP contribution in [0.1, 0.15) is 29.6 Å². The van der Waals surface area contributed by atoms with Gasteiger partial charge in [0.1, 0.15) is 11.6 Å². The van der Waals surface area contributed by atoms with Gasteiger partial charge in [0, 0.05) is 24.6 Å². The van der Waals surface area contributed by atoms with Crippen molar-refractivity contribution < 1.29 is 0 Å². The fourth-order valence-corrected chi connectivity index (χ4v) is 3.52. The van der Waals surface area contributed by atoms with Gasteiger partial charge in [-0.15, -0.1) is 24.8 Å². The molecule has 2 N–H and O–H groups in total. The maximum Gasteiger partial charge on any atom is 0.133 e. The number of hydrogen-bond donors (Lipinski definition) is 2. The fourth-order valence-electron chi connectivity index (χ4n) is 2.83. The van der Waals surface area contributed by atoms with Gasteiger partial charge in [0.15, 0.2) is 0 Å². The molecule has 23 heavy (non-hydrogen) atoms. The van der Waals surface area contributed by atoms with Gasteiger partial charge >= 0.3 is 0 Å². The van der Waals surface area contributed by atoms with Crippen LogP contribution in [0.25, 0.3) is 0 Å². The van der Waals surface area contributed by atoms with Crippen LogP contribution in [0.2, 0.25) is 0 Å². The number of fused-ring (bicyclic) bond motifs is 1. The number of aryl methyl sites for hydroxylation is 1. The Kier molecular flexibility index (Phi) is 8.26. The quantitative estimate of drug-likeness (QED) is 0.860. The monoisotopic (exact) mass is 374 g/mol. The van der Waals surface area contributed by atoms with Crippen molar-refractivity contribution in [2.45, 2.75) is 39.2 Å². The summed E-state index contributed by atoms with van der Waals surface area (Å²) in [6, 6.07) is 2.56. The molecule has 1 aliphatic rings. The molecule has 1 atom stereocenters. The molecule has 0 aliphatic carbocycles. The molecule has 7 heteroatoms. The first-order valence-electron chi connectivity index (χ1n) is 7.57. The van der Waals surface area contributed by atoms with Crippen molar-refractivity contribution in [3.63, 3.8) is 0 Å². The highest BCUT2D eigenvalue weighted by Crippen LogP contribution is 2.21. The molecule has 0 saturated carbocycles. The molecular weight excluding hydrogens is 351 g/mol. The van der Waals surface area contributed by atoms with E-state index in [1.807, 2.05) is 6.92 Å². The van der Waals surface area contributed by atoms with Gasteiger partial charge in [-0.25, -0.2) is 9.97 Å². The predicted octanol–water partition coefficient (Wildman–Crippen LogP) is 3.42. The van der Waals surface area contributed by atoms with Crippen LogP contribution >= 0.6 is 36.2 Å². The molecule has 2 aromatic heterocycles. The van der Waals surface area contributed by atoms with E-state index < -0.39 is 0 Å². The summed E-state index contributed by atoms with van der Waals surface area (Å²) in [5.74, 6) is 1.89. The number of nitrogens with zero attached hydrogens (tertiary/aromatic N) is 2. The second-order valence-corrected chi connectivity index (χ2v) is 6.46. The van der Waals surface area contributed by atoms with Crippen molar-refractivity contribution in [2.75, 3.05) is 18.4 Å². The molecule has 1 aliphatic heterocycles. The largest absolute Gasteiger partial charge is 0.367 e. The van der Waals surface area contributed by atoms with Crippen molar-refractivity contribution in [1.29, 1.82) is 0 Å². The van der Waals surface area contributed by atoms with Gasteiger partial charge in [0.2, 0.25) is 0 Å². The third-order valence-electron chi connectivity index (χ3n) is 3.80. The minimum atomic E-state index is 0. The molecular formula is C16H24Cl2N4S. The summed E-state index contributed by atoms with van der Waals surface area (Å²) in [4.78, 5) is 9.28. The van der Waals surface area contributed by atoms with Crippen LogP contribution in [0.5, 0.6) is 0 Å². The van der Waals surface area contributed by atoms with Crippen LogP contribution in [0, 0.1) is 6.92 Å². The topological polar surface area (TPSA) is 49.8 Å². The summed E-state index contributed by atoms with van der Waals surface area (Å²) < 4.78 is 0. The van der Waals surface area contributed by atoms with Crippen molar-refractivity contribution in [3.05, 3.63) is 39.5 Å². The number of halogens is 2. The predicted molar refractivity (Wildman–Crippen MR) is 103 cm³/mol. The number of thiophene rings is 1. The number of rotatable bonds is 4. The molecule has 0 bridgehead atoms. The fraction of sp³-hybridized carbons (Fsp3) is 0.500. The lowest BCUT2D eigenvalue weighted by atomic mass is 10.1. The summed E-state index contributed by atoms with van der Waals surface area (Å²) in [7, 11) is 0. The van der Waals surface area contributed by atoms with Crippen molar-refractivity contribution in [2.24, 2.45) is 0 Å². The van der Waals surface area contributed by atoms with Crippen LogP contribution in [-0.2, 0) is 19.3 Å². The summed E-state index contributed by atoms with van der Waals surface area (Å²) in [6.07, 6.45) is 3.02. The molecule has 2 aromatic rings. The summed E-state index contributed by atoms with van der Waals surface area (Å²) in [6.45, 7) is 6.21. The third-order valence-corrected chi connectivity index (χ3v) is 4.53. The summed E-state index contributed by atoms with van der Waals surface area (Å²) in [5.41, 5.74) is 3.89. The maximum absolute atomic E-state index is 4.65. The number of hydrogen-bond acceptors (Lipinski definition) is 5. The van der Waals surface area contributed by atoms with Gasteiger partial charge < -0.3 is 10.6 Å². The van der Waals surface area contributed by atoms with E-state index in [-0.39, 0.29) is 24.8 Å². The molecule has 4 nitrogen and oxygen atoms in total. The minimum absolute atomic E-state index is 0. The van der Waals surface area contributed by atoms with E-state index in [2.05, 4.69) is 44.4 Å². The molecule has 0 aromatic carbocycles. The molecule has 3 heterocycles. The summed E-state index contributed by atoms with van der Waals surface area (Å²) in [5, 5.41) is 11.4. The maximum atomic E-state index is 4.65. The molecule has 128 valence electrons. The van der Waals surface area contributed by atoms with Crippen molar-refractivity contribution in [1.82, 2.24) is 15.3 Å². The minimum Gasteiger partial charge on any atom is -0.367 e. The van der Waals surface area contributed by atoms with E-state index in [0.29, 0.717) is 6.04 Å². The normalized spacial score (nSPS) is 14.7. The Labute approximate surface area is 154 Å². The first-order valence-corrected chi connectivity index (χ1v) is 8.51. The van der Waals surface area contributed by atoms with Crippen LogP contribution in [0.4, 0.5) is 5.82 Å². The molecule has 3 rings (SSSR count). The Morgan fingerprint density at radius 2 is 2.04 bits per heavy atom. The van der Waals surface area contributed by atoms with Gasteiger partial charge in [0.25, 0.3) is 0 Å². The third kappa shape index (κ3) is 5.31. The Balaban J connectivity index is 0.00000132. The molecule has 0 fully saturated rings. The van der Waals surface area contributed by atoms with E-state index >= 15 is 0 Å². The Morgan fingerprint density at radius 3 is 2.78 bits per heavy atom. The smallest absolute Gasteiger partial charge is 0.133 e. The van der Waals surface area contributed by atoms with Crippen LogP contribution in [-0.4, -0.2) is 29.1 Å². The highest BCUT2D eigenvalue weighted by molar-refractivity contribution is 7.07. The first-order chi connectivity index (χ1) is 10.2. The van der Waals surface area contributed by atoms with Crippen LogP contribution < -0.4 is 10.6 Å². The Hall–Kier alpha value is -0.880. The second kappa shape index (κ2) is 9.42. The zero-order valence-corrected chi connectivity index (χ0v) is 15.9. The van der Waals surface area contributed by atoms with E-state index in [4.69, 9.17) is 0 Å². The summed E-state index contributed by atoms with van der Waals surface area (Å²) >= 11 is 1.75. The molecule has 0 saturated heterocycles. The first kappa shape index (κ1) is 20.2. The highest BCUT2D eigenvalue weighted by atomic mass is 35.5. The molecule has 1 unspecified atom stereocenters. The number of nitrogens with one attached hydrogen (secondary N) is 2. The lowest BCUT2D eigenvalue weighted by Crippen LogP contribution is -2.21. The second-order valence-electron chi connectivity index (χ2n) is 5.68. The van der Waals surface area contributed by atoms with Crippen LogP contribution in [0.15, 0.2) is 16.8 Å². The van der Waals surface area contributed by atoms with Crippen LogP contribution in [0.3, 0.4) is 0 Å². The van der Waals surface area contributed by atoms with Crippen molar-refractivity contribution >= 4 is 42.0 Å². The molecule has 0 radical (unpaired) electrons. The van der Waals surface area contributed by atoms with E-state index in [1.165, 1.54) is 16.8 Å². The SMILES string of the molecule is Cc1nc2c(c(NC(C)Cc3ccsc3)n1)CCNCC2.Cl.Cl. The average molecular weight is 375 g/mol. The standard InChI is InChI=1S/C16H22N4S.2ClH/c1-11(9-13-5-8-21-10-13)18-16-14-3-6-17-7-4-15(14)19-12(2)20-16;;/h5,8,10-11,17H,3-4,6-7,9H2,1-2H3,(H,18,19,20);2*1H. The van der Waals surface area contributed by atoms with Gasteiger partial charge in [-0.3, -0.25) is 0 Å². The molecule has 0 spiro atoms. The molecule has 0 amide bonds. The Morgan fingerprint density at radius 1 is 1.26 bits per heavy atom. The van der Waals surface area contributed by atoms with E-state index in [9.17, 15) is 0 Å². The average Bonchev–Trinajstić information content (AvgIpc) is 2.82. The van der Waals surface area contributed by atoms with Gasteiger partial charge in [-0.2, -0.15) is 11.3 Å². The lowest BCUT2D eigenvalue weighted by molar-refractivity contribution is 0.708. The number of anilines is 1.